The zero-order valence-electron chi connectivity index (χ0n) is 15.9. The molecule has 0 spiro atoms. The van der Waals surface area contributed by atoms with Gasteiger partial charge in [-0.05, 0) is 41.6 Å². The summed E-state index contributed by atoms with van der Waals surface area (Å²) in [6.07, 6.45) is 1.38. The first-order valence-electron chi connectivity index (χ1n) is 8.42. The van der Waals surface area contributed by atoms with Gasteiger partial charge in [-0.1, -0.05) is 6.58 Å². The molecule has 0 saturated carbocycles. The quantitative estimate of drug-likeness (QED) is 0.717. The highest BCUT2D eigenvalue weighted by molar-refractivity contribution is 5.44. The minimum atomic E-state index is -0.273. The minimum Gasteiger partial charge on any atom is -0.493 e. The number of benzene rings is 2. The molecule has 1 heterocycles. The maximum absolute atomic E-state index is 13.0. The Bertz CT molecular complexity index is 1340. The molecule has 3 rings (SSSR count). The standard InChI is InChI=1S/C21H20N4O3/c1-13-9-18(27-3)19(28-4)10-16(13)20-17(12-23)24(2)21(26)25(20)15-7-5-14(11-22)6-8-15/h5-10,12H,1,23H2,2-4H3/b17-12+,20-16+. The van der Waals surface area contributed by atoms with E-state index in [4.69, 9.17) is 20.5 Å². The summed E-state index contributed by atoms with van der Waals surface area (Å²) in [4.78, 5) is 13.0. The van der Waals surface area contributed by atoms with Crippen LogP contribution >= 0.6 is 0 Å². The maximum atomic E-state index is 13.0. The lowest BCUT2D eigenvalue weighted by Crippen LogP contribution is -2.26. The van der Waals surface area contributed by atoms with Crippen LogP contribution in [-0.4, -0.2) is 23.4 Å². The number of rotatable bonds is 3. The Hall–Kier alpha value is -3.92. The number of nitrogens with two attached hydrogens (primary N) is 1. The topological polar surface area (TPSA) is 95.2 Å². The number of nitriles is 1. The van der Waals surface area contributed by atoms with E-state index >= 15 is 0 Å². The van der Waals surface area contributed by atoms with E-state index in [0.717, 1.165) is 0 Å². The lowest BCUT2D eigenvalue weighted by Gasteiger charge is -2.08. The molecule has 0 bridgehead atoms. The molecule has 0 radical (unpaired) electrons. The van der Waals surface area contributed by atoms with Crippen molar-refractivity contribution in [1.29, 1.82) is 5.26 Å². The number of hydrogen-bond donors (Lipinski definition) is 1. The van der Waals surface area contributed by atoms with Crippen molar-refractivity contribution in [2.75, 3.05) is 14.2 Å². The summed E-state index contributed by atoms with van der Waals surface area (Å²) in [5.41, 5.74) is 6.69. The Morgan fingerprint density at radius 3 is 2.29 bits per heavy atom. The average molecular weight is 376 g/mol. The molecular formula is C21H20N4O3. The molecule has 0 aliphatic heterocycles. The van der Waals surface area contributed by atoms with E-state index < -0.39 is 0 Å². The van der Waals surface area contributed by atoms with Gasteiger partial charge in [0.25, 0.3) is 0 Å². The molecule has 3 aromatic rings. The van der Waals surface area contributed by atoms with E-state index in [9.17, 15) is 4.79 Å². The van der Waals surface area contributed by atoms with Gasteiger partial charge in [0.05, 0.1) is 42.2 Å². The molecule has 0 amide bonds. The van der Waals surface area contributed by atoms with Crippen molar-refractivity contribution < 1.29 is 9.47 Å². The van der Waals surface area contributed by atoms with Crippen LogP contribution < -0.4 is 31.5 Å². The Morgan fingerprint density at radius 2 is 1.75 bits per heavy atom. The van der Waals surface area contributed by atoms with Gasteiger partial charge in [0, 0.05) is 18.5 Å². The number of aromatic nitrogens is 2. The minimum absolute atomic E-state index is 0.273. The predicted molar refractivity (Wildman–Crippen MR) is 106 cm³/mol. The van der Waals surface area contributed by atoms with E-state index in [-0.39, 0.29) is 5.69 Å². The third-order valence-corrected chi connectivity index (χ3v) is 4.58. The highest BCUT2D eigenvalue weighted by Crippen LogP contribution is 2.24. The van der Waals surface area contributed by atoms with Crippen molar-refractivity contribution in [2.24, 2.45) is 12.8 Å². The number of nitrogens with zero attached hydrogens (tertiary/aromatic N) is 3. The first kappa shape index (κ1) is 18.9. The number of methoxy groups -OCH3 is 2. The van der Waals surface area contributed by atoms with Crippen LogP contribution in [0, 0.1) is 21.9 Å². The van der Waals surface area contributed by atoms with Crippen LogP contribution in [0.3, 0.4) is 0 Å². The average Bonchev–Trinajstić information content (AvgIpc) is 2.97. The molecule has 0 fully saturated rings. The second-order valence-electron chi connectivity index (χ2n) is 6.10. The number of hydrogen-bond acceptors (Lipinski definition) is 5. The first-order valence-corrected chi connectivity index (χ1v) is 8.42. The van der Waals surface area contributed by atoms with Gasteiger partial charge in [-0.15, -0.1) is 0 Å². The van der Waals surface area contributed by atoms with E-state index in [1.54, 1.807) is 57.7 Å². The highest BCUT2D eigenvalue weighted by Gasteiger charge is 2.12. The Labute approximate surface area is 161 Å². The zero-order valence-corrected chi connectivity index (χ0v) is 15.9. The van der Waals surface area contributed by atoms with Gasteiger partial charge in [-0.25, -0.2) is 4.79 Å². The van der Waals surface area contributed by atoms with E-state index in [1.807, 2.05) is 0 Å². The fraction of sp³-hybridized carbons (Fsp3) is 0.143. The first-order chi connectivity index (χ1) is 13.5. The summed E-state index contributed by atoms with van der Waals surface area (Å²) in [6.45, 7) is 4.10. The molecule has 0 aliphatic rings. The van der Waals surface area contributed by atoms with Crippen molar-refractivity contribution in [3.8, 4) is 23.3 Å². The van der Waals surface area contributed by atoms with Crippen LogP contribution in [0.15, 0.2) is 41.2 Å². The van der Waals surface area contributed by atoms with E-state index in [0.29, 0.717) is 43.9 Å². The van der Waals surface area contributed by atoms with Gasteiger partial charge in [-0.2, -0.15) is 5.26 Å². The number of imidazole rings is 1. The second-order valence-corrected chi connectivity index (χ2v) is 6.10. The molecule has 0 saturated heterocycles. The molecule has 7 nitrogen and oxygen atoms in total. The Balaban J connectivity index is 2.61. The van der Waals surface area contributed by atoms with Crippen molar-refractivity contribution >= 4 is 12.8 Å². The molecule has 2 aromatic carbocycles. The second kappa shape index (κ2) is 7.37. The lowest BCUT2D eigenvalue weighted by atomic mass is 10.2. The summed E-state index contributed by atoms with van der Waals surface area (Å²) in [5.74, 6) is 1.05. The molecule has 0 unspecified atom stereocenters. The van der Waals surface area contributed by atoms with Crippen molar-refractivity contribution in [3.63, 3.8) is 0 Å². The molecular weight excluding hydrogens is 356 g/mol. The van der Waals surface area contributed by atoms with E-state index in [1.165, 1.54) is 15.3 Å². The summed E-state index contributed by atoms with van der Waals surface area (Å²) in [7, 11) is 4.73. The van der Waals surface area contributed by atoms with Crippen LogP contribution in [0.5, 0.6) is 11.5 Å². The van der Waals surface area contributed by atoms with Gasteiger partial charge in [0.15, 0.2) is 11.5 Å². The molecule has 142 valence electrons. The molecule has 1 aromatic heterocycles. The lowest BCUT2D eigenvalue weighted by molar-refractivity contribution is 0.354. The van der Waals surface area contributed by atoms with Crippen molar-refractivity contribution in [3.05, 3.63) is 73.6 Å². The van der Waals surface area contributed by atoms with Crippen LogP contribution in [0.25, 0.3) is 18.5 Å². The largest absolute Gasteiger partial charge is 0.493 e. The SMILES string of the molecule is C=c1cc(OC)c(OC)c/c1=c1/c(=C\N)n(C)c(=O)n1-c1ccc(C#N)cc1. The zero-order chi connectivity index (χ0) is 20.4. The van der Waals surface area contributed by atoms with Crippen molar-refractivity contribution in [1.82, 2.24) is 9.13 Å². The smallest absolute Gasteiger partial charge is 0.333 e. The summed E-state index contributed by atoms with van der Waals surface area (Å²) in [5, 5.41) is 11.5. The fourth-order valence-electron chi connectivity index (χ4n) is 3.14. The molecule has 7 heteroatoms. The summed E-state index contributed by atoms with van der Waals surface area (Å²) < 4.78 is 13.7. The fourth-order valence-corrected chi connectivity index (χ4v) is 3.14. The normalized spacial score (nSPS) is 12.6. The highest BCUT2D eigenvalue weighted by atomic mass is 16.5. The van der Waals surface area contributed by atoms with Crippen molar-refractivity contribution in [2.45, 2.75) is 0 Å². The summed E-state index contributed by atoms with van der Waals surface area (Å²) >= 11 is 0. The Morgan fingerprint density at radius 1 is 1.14 bits per heavy atom. The van der Waals surface area contributed by atoms with Crippen LogP contribution in [-0.2, 0) is 7.05 Å². The van der Waals surface area contributed by atoms with Gasteiger partial charge in [0.2, 0.25) is 0 Å². The summed E-state index contributed by atoms with van der Waals surface area (Å²) in [6, 6.07) is 12.3. The third kappa shape index (κ3) is 2.91. The van der Waals surface area contributed by atoms with E-state index in [2.05, 4.69) is 12.6 Å². The van der Waals surface area contributed by atoms with Crippen LogP contribution in [0.4, 0.5) is 0 Å². The third-order valence-electron chi connectivity index (χ3n) is 4.58. The van der Waals surface area contributed by atoms with Crippen LogP contribution in [0.2, 0.25) is 0 Å². The monoisotopic (exact) mass is 376 g/mol. The molecule has 0 aliphatic carbocycles. The van der Waals surface area contributed by atoms with Gasteiger partial charge in [0.1, 0.15) is 0 Å². The number of ether oxygens (including phenoxy) is 2. The van der Waals surface area contributed by atoms with Gasteiger partial charge >= 0.3 is 5.69 Å². The Kier molecular flexibility index (Phi) is 4.96. The maximum Gasteiger partial charge on any atom is 0.333 e. The van der Waals surface area contributed by atoms with Gasteiger partial charge < -0.3 is 15.2 Å². The van der Waals surface area contributed by atoms with Crippen LogP contribution in [0.1, 0.15) is 5.56 Å². The predicted octanol–water partition coefficient (Wildman–Crippen LogP) is 0.459. The molecule has 0 atom stereocenters. The van der Waals surface area contributed by atoms with Gasteiger partial charge in [-0.3, -0.25) is 9.13 Å². The molecule has 2 N–H and O–H groups in total. The molecule has 28 heavy (non-hydrogen) atoms.